The zero-order chi connectivity index (χ0) is 15.8. The van der Waals surface area contributed by atoms with Crippen LogP contribution in [0.25, 0.3) is 0 Å². The number of carbonyl (C=O) groups is 1. The molecular formula is C17H30N2O3. The predicted molar refractivity (Wildman–Crippen MR) is 84.6 cm³/mol. The molecule has 0 aromatic carbocycles. The van der Waals surface area contributed by atoms with Crippen molar-refractivity contribution < 1.29 is 14.6 Å². The molecule has 0 aromatic rings. The van der Waals surface area contributed by atoms with Crippen molar-refractivity contribution in [3.63, 3.8) is 0 Å². The van der Waals surface area contributed by atoms with Crippen LogP contribution in [0.15, 0.2) is 0 Å². The molecule has 0 bridgehead atoms. The largest absolute Gasteiger partial charge is 0.389 e. The fourth-order valence-corrected chi connectivity index (χ4v) is 4.11. The van der Waals surface area contributed by atoms with Crippen LogP contribution < -0.4 is 0 Å². The minimum Gasteiger partial charge on any atom is -0.389 e. The molecule has 0 aromatic heterocycles. The van der Waals surface area contributed by atoms with Crippen molar-refractivity contribution in [1.82, 2.24) is 9.80 Å². The summed E-state index contributed by atoms with van der Waals surface area (Å²) in [6.07, 6.45) is 6.96. The van der Waals surface area contributed by atoms with E-state index in [1.807, 2.05) is 4.90 Å². The molecule has 1 spiro atoms. The average Bonchev–Trinajstić information content (AvgIpc) is 2.46. The highest BCUT2D eigenvalue weighted by Gasteiger charge is 2.43. The van der Waals surface area contributed by atoms with Crippen molar-refractivity contribution >= 4 is 5.91 Å². The quantitative estimate of drug-likeness (QED) is 0.856. The maximum Gasteiger partial charge on any atom is 0.225 e. The minimum atomic E-state index is -0.705. The number of rotatable bonds is 3. The zero-order valence-corrected chi connectivity index (χ0v) is 14.0. The van der Waals surface area contributed by atoms with Gasteiger partial charge in [-0.25, -0.2) is 0 Å². The first-order valence-corrected chi connectivity index (χ1v) is 8.72. The number of nitrogens with zero attached hydrogens (tertiary/aromatic N) is 2. The molecule has 1 atom stereocenters. The molecule has 22 heavy (non-hydrogen) atoms. The molecule has 1 saturated carbocycles. The SMILES string of the molecule is CN(C)C1CCOC2(CCN(C(=O)CC3(O)CCC3)CC2)C1. The Balaban J connectivity index is 1.52. The van der Waals surface area contributed by atoms with Gasteiger partial charge in [0.05, 0.1) is 17.6 Å². The maximum atomic E-state index is 12.4. The molecule has 2 aliphatic heterocycles. The predicted octanol–water partition coefficient (Wildman–Crippen LogP) is 1.39. The number of hydrogen-bond donors (Lipinski definition) is 1. The van der Waals surface area contributed by atoms with Crippen LogP contribution >= 0.6 is 0 Å². The molecule has 3 aliphatic rings. The molecule has 0 radical (unpaired) electrons. The number of hydrogen-bond acceptors (Lipinski definition) is 4. The fourth-order valence-electron chi connectivity index (χ4n) is 4.11. The van der Waals surface area contributed by atoms with Gasteiger partial charge in [0.2, 0.25) is 5.91 Å². The average molecular weight is 310 g/mol. The Bertz CT molecular complexity index is 412. The Morgan fingerprint density at radius 2 is 1.95 bits per heavy atom. The number of piperidine rings is 1. The Morgan fingerprint density at radius 3 is 2.50 bits per heavy atom. The van der Waals surface area contributed by atoms with E-state index in [0.717, 1.165) is 64.6 Å². The first-order valence-electron chi connectivity index (χ1n) is 8.72. The van der Waals surface area contributed by atoms with Gasteiger partial charge < -0.3 is 19.6 Å². The van der Waals surface area contributed by atoms with E-state index in [1.165, 1.54) is 0 Å². The summed E-state index contributed by atoms with van der Waals surface area (Å²) in [6, 6.07) is 0.590. The van der Waals surface area contributed by atoms with E-state index in [1.54, 1.807) is 0 Å². The smallest absolute Gasteiger partial charge is 0.225 e. The van der Waals surface area contributed by atoms with E-state index in [4.69, 9.17) is 4.74 Å². The van der Waals surface area contributed by atoms with E-state index in [2.05, 4.69) is 19.0 Å². The summed E-state index contributed by atoms with van der Waals surface area (Å²) in [7, 11) is 4.28. The molecule has 3 rings (SSSR count). The second-order valence-electron chi connectivity index (χ2n) is 7.78. The third-order valence-electron chi connectivity index (χ3n) is 5.99. The molecule has 1 N–H and O–H groups in total. The minimum absolute atomic E-state index is 0.0304. The Morgan fingerprint density at radius 1 is 1.27 bits per heavy atom. The summed E-state index contributed by atoms with van der Waals surface area (Å²) in [5.41, 5.74) is -0.735. The number of likely N-dealkylation sites (tertiary alicyclic amines) is 1. The molecule has 5 heteroatoms. The van der Waals surface area contributed by atoms with Gasteiger partial charge in [0.25, 0.3) is 0 Å². The lowest BCUT2D eigenvalue weighted by Crippen LogP contribution is -2.54. The summed E-state index contributed by atoms with van der Waals surface area (Å²) >= 11 is 0. The lowest BCUT2D eigenvalue weighted by Gasteiger charge is -2.48. The first-order chi connectivity index (χ1) is 10.4. The second-order valence-corrected chi connectivity index (χ2v) is 7.78. The highest BCUT2D eigenvalue weighted by atomic mass is 16.5. The molecule has 2 heterocycles. The van der Waals surface area contributed by atoms with Crippen LogP contribution in [0.3, 0.4) is 0 Å². The normalized spacial score (nSPS) is 30.4. The van der Waals surface area contributed by atoms with Crippen LogP contribution in [-0.4, -0.2) is 71.8 Å². The lowest BCUT2D eigenvalue weighted by atomic mass is 9.77. The van der Waals surface area contributed by atoms with Crippen molar-refractivity contribution in [3.05, 3.63) is 0 Å². The van der Waals surface area contributed by atoms with Gasteiger partial charge in [0, 0.05) is 25.7 Å². The van der Waals surface area contributed by atoms with Gasteiger partial charge in [0.15, 0.2) is 0 Å². The maximum absolute atomic E-state index is 12.4. The summed E-state index contributed by atoms with van der Waals surface area (Å²) < 4.78 is 6.13. The number of amides is 1. The van der Waals surface area contributed by atoms with E-state index < -0.39 is 5.60 Å². The lowest BCUT2D eigenvalue weighted by molar-refractivity contribution is -0.153. The third kappa shape index (κ3) is 3.31. The van der Waals surface area contributed by atoms with Crippen molar-refractivity contribution in [2.45, 2.75) is 68.6 Å². The molecule has 1 amide bonds. The highest BCUT2D eigenvalue weighted by molar-refractivity contribution is 5.77. The van der Waals surface area contributed by atoms with E-state index in [-0.39, 0.29) is 11.5 Å². The third-order valence-corrected chi connectivity index (χ3v) is 5.99. The molecule has 1 aliphatic carbocycles. The van der Waals surface area contributed by atoms with Gasteiger partial charge in [-0.1, -0.05) is 0 Å². The zero-order valence-electron chi connectivity index (χ0n) is 14.0. The Hall–Kier alpha value is -0.650. The molecule has 3 fully saturated rings. The van der Waals surface area contributed by atoms with E-state index in [9.17, 15) is 9.90 Å². The van der Waals surface area contributed by atoms with Gasteiger partial charge in [-0.3, -0.25) is 4.79 Å². The first kappa shape index (κ1) is 16.2. The standard InChI is InChI=1S/C17H30N2O3/c1-18(2)14-4-11-22-17(12-14)7-9-19(10-8-17)15(20)13-16(21)5-3-6-16/h14,21H,3-13H2,1-2H3. The van der Waals surface area contributed by atoms with Crippen molar-refractivity contribution in [1.29, 1.82) is 0 Å². The molecule has 1 unspecified atom stereocenters. The van der Waals surface area contributed by atoms with E-state index >= 15 is 0 Å². The van der Waals surface area contributed by atoms with E-state index in [0.29, 0.717) is 12.5 Å². The number of carbonyl (C=O) groups excluding carboxylic acids is 1. The van der Waals surface area contributed by atoms with Crippen LogP contribution in [0, 0.1) is 0 Å². The van der Waals surface area contributed by atoms with Crippen LogP contribution in [-0.2, 0) is 9.53 Å². The van der Waals surface area contributed by atoms with Crippen molar-refractivity contribution in [2.75, 3.05) is 33.8 Å². The van der Waals surface area contributed by atoms with Gasteiger partial charge in [-0.15, -0.1) is 0 Å². The van der Waals surface area contributed by atoms with Gasteiger partial charge >= 0.3 is 0 Å². The molecule has 2 saturated heterocycles. The summed E-state index contributed by atoms with van der Waals surface area (Å²) in [5, 5.41) is 10.2. The van der Waals surface area contributed by atoms with Gasteiger partial charge in [-0.2, -0.15) is 0 Å². The molecule has 5 nitrogen and oxygen atoms in total. The molecular weight excluding hydrogens is 280 g/mol. The van der Waals surface area contributed by atoms with Crippen molar-refractivity contribution in [2.24, 2.45) is 0 Å². The van der Waals surface area contributed by atoms with Crippen LogP contribution in [0.1, 0.15) is 51.4 Å². The Labute approximate surface area is 133 Å². The number of aliphatic hydroxyl groups is 1. The summed E-state index contributed by atoms with van der Waals surface area (Å²) in [6.45, 7) is 2.38. The number of ether oxygens (including phenoxy) is 1. The Kier molecular flexibility index (Phi) is 4.49. The summed E-state index contributed by atoms with van der Waals surface area (Å²) in [5.74, 6) is 0.122. The highest BCUT2D eigenvalue weighted by Crippen LogP contribution is 2.38. The topological polar surface area (TPSA) is 53.0 Å². The monoisotopic (exact) mass is 310 g/mol. The van der Waals surface area contributed by atoms with Crippen LogP contribution in [0.5, 0.6) is 0 Å². The summed E-state index contributed by atoms with van der Waals surface area (Å²) in [4.78, 5) is 16.6. The van der Waals surface area contributed by atoms with Crippen LogP contribution in [0.4, 0.5) is 0 Å². The second kappa shape index (κ2) is 6.10. The van der Waals surface area contributed by atoms with Gasteiger partial charge in [0.1, 0.15) is 0 Å². The van der Waals surface area contributed by atoms with Crippen molar-refractivity contribution in [3.8, 4) is 0 Å². The van der Waals surface area contributed by atoms with Gasteiger partial charge in [-0.05, 0) is 59.0 Å². The fraction of sp³-hybridized carbons (Fsp3) is 0.941. The van der Waals surface area contributed by atoms with Crippen LogP contribution in [0.2, 0.25) is 0 Å². The molecule has 126 valence electrons.